The summed E-state index contributed by atoms with van der Waals surface area (Å²) in [5.74, 6) is 0.245. The van der Waals surface area contributed by atoms with Crippen molar-refractivity contribution in [1.82, 2.24) is 10.2 Å². The van der Waals surface area contributed by atoms with Gasteiger partial charge in [-0.1, -0.05) is 30.1 Å². The van der Waals surface area contributed by atoms with Gasteiger partial charge in [-0.15, -0.1) is 5.10 Å². The monoisotopic (exact) mass is 364 g/mol. The van der Waals surface area contributed by atoms with Gasteiger partial charge in [0.05, 0.1) is 23.6 Å². The lowest BCUT2D eigenvalue weighted by Crippen LogP contribution is -2.21. The lowest BCUT2D eigenvalue weighted by atomic mass is 9.83. The van der Waals surface area contributed by atoms with Crippen molar-refractivity contribution in [2.45, 2.75) is 19.3 Å². The first-order chi connectivity index (χ1) is 11.5. The number of nitrogens with one attached hydrogen (secondary N) is 1. The van der Waals surface area contributed by atoms with Gasteiger partial charge in [-0.05, 0) is 18.6 Å². The highest BCUT2D eigenvalue weighted by molar-refractivity contribution is 6.35. The van der Waals surface area contributed by atoms with Gasteiger partial charge in [0.15, 0.2) is 0 Å². The Labute approximate surface area is 148 Å². The van der Waals surface area contributed by atoms with Gasteiger partial charge in [0.2, 0.25) is 11.8 Å². The number of aromatic nitrogens is 2. The molecule has 1 aromatic carbocycles. The van der Waals surface area contributed by atoms with E-state index >= 15 is 0 Å². The fraction of sp³-hybridized carbons (Fsp3) is 0.250. The number of aromatic amines is 1. The summed E-state index contributed by atoms with van der Waals surface area (Å²) < 4.78 is 10.9. The topological polar surface area (TPSA) is 97.0 Å². The Hall–Kier alpha value is -2.36. The van der Waals surface area contributed by atoms with E-state index in [0.29, 0.717) is 33.7 Å². The number of H-pyrrole nitrogens is 1. The van der Waals surface area contributed by atoms with E-state index in [2.05, 4.69) is 16.3 Å². The third-order valence-corrected chi connectivity index (χ3v) is 4.42. The van der Waals surface area contributed by atoms with Crippen LogP contribution < -0.4 is 15.2 Å². The number of methoxy groups -OCH3 is 1. The zero-order chi connectivity index (χ0) is 17.4. The van der Waals surface area contributed by atoms with Crippen molar-refractivity contribution in [3.63, 3.8) is 0 Å². The molecule has 3 N–H and O–H groups in total. The maximum atomic E-state index is 9.62. The van der Waals surface area contributed by atoms with Crippen LogP contribution in [0.2, 0.25) is 10.0 Å². The lowest BCUT2D eigenvalue weighted by molar-refractivity contribution is 0.375. The molecule has 2 aromatic rings. The number of allylic oxidation sites excluding steroid dienone is 1. The first-order valence-electron chi connectivity index (χ1n) is 7.19. The average molecular weight is 365 g/mol. The van der Waals surface area contributed by atoms with Gasteiger partial charge in [0.1, 0.15) is 17.4 Å². The van der Waals surface area contributed by atoms with Crippen molar-refractivity contribution < 1.29 is 9.47 Å². The van der Waals surface area contributed by atoms with Crippen LogP contribution in [0.25, 0.3) is 0 Å². The van der Waals surface area contributed by atoms with E-state index in [1.54, 1.807) is 12.1 Å². The molecule has 0 saturated carbocycles. The number of ether oxygens (including phenoxy) is 2. The number of rotatable bonds is 3. The van der Waals surface area contributed by atoms with Crippen molar-refractivity contribution in [1.29, 1.82) is 5.26 Å². The number of aryl methyl sites for hydroxylation is 1. The van der Waals surface area contributed by atoms with Crippen LogP contribution in [0.3, 0.4) is 0 Å². The molecule has 0 bridgehead atoms. The van der Waals surface area contributed by atoms with Crippen LogP contribution in [0.4, 0.5) is 0 Å². The van der Waals surface area contributed by atoms with Gasteiger partial charge >= 0.3 is 0 Å². The maximum absolute atomic E-state index is 9.62. The smallest absolute Gasteiger partial charge is 0.244 e. The second-order valence-corrected chi connectivity index (χ2v) is 6.05. The molecular weight excluding hydrogens is 351 g/mol. The first-order valence-corrected chi connectivity index (χ1v) is 7.95. The summed E-state index contributed by atoms with van der Waals surface area (Å²) in [5.41, 5.74) is 8.40. The van der Waals surface area contributed by atoms with E-state index in [0.717, 1.165) is 11.3 Å². The van der Waals surface area contributed by atoms with Crippen molar-refractivity contribution in [2.24, 2.45) is 5.73 Å². The molecule has 0 aliphatic carbocycles. The summed E-state index contributed by atoms with van der Waals surface area (Å²) in [7, 11) is 1.51. The Balaban J connectivity index is 2.34. The molecule has 1 aromatic heterocycles. The molecule has 6 nitrogen and oxygen atoms in total. The second kappa shape index (κ2) is 6.27. The van der Waals surface area contributed by atoms with Crippen molar-refractivity contribution in [3.8, 4) is 17.7 Å². The van der Waals surface area contributed by atoms with Gasteiger partial charge in [-0.2, -0.15) is 5.26 Å². The van der Waals surface area contributed by atoms with E-state index in [-0.39, 0.29) is 11.5 Å². The minimum atomic E-state index is -0.529. The number of hydrogen-bond donors (Lipinski definition) is 2. The number of hydrogen-bond acceptors (Lipinski definition) is 5. The molecule has 0 fully saturated rings. The van der Waals surface area contributed by atoms with Crippen LogP contribution in [-0.2, 0) is 6.42 Å². The summed E-state index contributed by atoms with van der Waals surface area (Å²) >= 11 is 12.4. The zero-order valence-corrected chi connectivity index (χ0v) is 14.5. The number of nitrogens with two attached hydrogens (primary N) is 1. The Bertz CT molecular complexity index is 883. The lowest BCUT2D eigenvalue weighted by Gasteiger charge is -2.25. The molecule has 0 amide bonds. The Morgan fingerprint density at radius 1 is 1.46 bits per heavy atom. The van der Waals surface area contributed by atoms with E-state index in [9.17, 15) is 5.26 Å². The Kier molecular flexibility index (Phi) is 4.31. The second-order valence-electron chi connectivity index (χ2n) is 5.21. The minimum absolute atomic E-state index is 0.00213. The molecule has 0 radical (unpaired) electrons. The van der Waals surface area contributed by atoms with Crippen LogP contribution >= 0.6 is 23.2 Å². The van der Waals surface area contributed by atoms with E-state index < -0.39 is 5.92 Å². The van der Waals surface area contributed by atoms with Crippen LogP contribution in [0.5, 0.6) is 11.6 Å². The van der Waals surface area contributed by atoms with Crippen LogP contribution in [-0.4, -0.2) is 17.3 Å². The number of nitriles is 1. The zero-order valence-electron chi connectivity index (χ0n) is 13.0. The molecule has 2 heterocycles. The van der Waals surface area contributed by atoms with Crippen molar-refractivity contribution >= 4 is 23.2 Å². The highest BCUT2D eigenvalue weighted by Gasteiger charge is 2.37. The number of fused-ring (bicyclic) bond motifs is 1. The van der Waals surface area contributed by atoms with Gasteiger partial charge in [-0.25, -0.2) is 0 Å². The molecule has 0 saturated heterocycles. The van der Waals surface area contributed by atoms with Crippen molar-refractivity contribution in [2.75, 3.05) is 7.11 Å². The molecule has 0 spiro atoms. The largest absolute Gasteiger partial charge is 0.495 e. The summed E-state index contributed by atoms with van der Waals surface area (Å²) in [6.07, 6.45) is 0.678. The molecule has 3 rings (SSSR count). The normalized spacial score (nSPS) is 16.4. The minimum Gasteiger partial charge on any atom is -0.495 e. The molecule has 124 valence electrons. The van der Waals surface area contributed by atoms with E-state index in [1.165, 1.54) is 7.11 Å². The average Bonchev–Trinajstić information content (AvgIpc) is 2.95. The molecule has 1 atom stereocenters. The Morgan fingerprint density at radius 2 is 2.21 bits per heavy atom. The van der Waals surface area contributed by atoms with Gasteiger partial charge in [0, 0.05) is 16.3 Å². The quantitative estimate of drug-likeness (QED) is 0.868. The number of benzene rings is 1. The molecule has 0 unspecified atom stereocenters. The molecule has 1 aliphatic heterocycles. The number of nitrogens with zero attached hydrogens (tertiary/aromatic N) is 2. The molecule has 1 aliphatic rings. The summed E-state index contributed by atoms with van der Waals surface area (Å²) in [5, 5.41) is 17.5. The molecular formula is C16H14Cl2N4O2. The van der Waals surface area contributed by atoms with Gasteiger partial charge in [-0.3, -0.25) is 5.10 Å². The predicted molar refractivity (Wildman–Crippen MR) is 90.3 cm³/mol. The maximum Gasteiger partial charge on any atom is 0.244 e. The number of halogens is 2. The summed E-state index contributed by atoms with van der Waals surface area (Å²) in [6.45, 7) is 1.97. The standard InChI is InChI=1S/C16H14Cl2N4O2/c1-3-11-13-12(8-4-7(17)5-10(18)14(8)23-2)9(6-19)15(20)24-16(13)22-21-11/h4-5,12H,3,20H2,1-2H3,(H,21,22)/t12-/m1/s1. The third kappa shape index (κ3) is 2.46. The Morgan fingerprint density at radius 3 is 2.83 bits per heavy atom. The SMILES string of the molecule is CCc1[nH]nc2c1[C@H](c1cc(Cl)cc(Cl)c1OC)C(C#N)=C(N)O2. The summed E-state index contributed by atoms with van der Waals surface area (Å²) in [6, 6.07) is 5.42. The highest BCUT2D eigenvalue weighted by atomic mass is 35.5. The molecule has 24 heavy (non-hydrogen) atoms. The fourth-order valence-electron chi connectivity index (χ4n) is 2.90. The highest BCUT2D eigenvalue weighted by Crippen LogP contribution is 2.48. The van der Waals surface area contributed by atoms with Crippen molar-refractivity contribution in [3.05, 3.63) is 50.5 Å². The van der Waals surface area contributed by atoms with Crippen LogP contribution in [0.1, 0.15) is 29.7 Å². The van der Waals surface area contributed by atoms with Crippen LogP contribution in [0.15, 0.2) is 23.6 Å². The van der Waals surface area contributed by atoms with Gasteiger partial charge < -0.3 is 15.2 Å². The van der Waals surface area contributed by atoms with E-state index in [4.69, 9.17) is 38.4 Å². The van der Waals surface area contributed by atoms with Crippen LogP contribution in [0, 0.1) is 11.3 Å². The molecule has 8 heteroatoms. The third-order valence-electron chi connectivity index (χ3n) is 3.92. The summed E-state index contributed by atoms with van der Waals surface area (Å²) in [4.78, 5) is 0. The van der Waals surface area contributed by atoms with Gasteiger partial charge in [0.25, 0.3) is 0 Å². The fourth-order valence-corrected chi connectivity index (χ4v) is 3.49. The van der Waals surface area contributed by atoms with E-state index in [1.807, 2.05) is 6.92 Å². The predicted octanol–water partition coefficient (Wildman–Crippen LogP) is 3.51. The first kappa shape index (κ1) is 16.5.